The lowest BCUT2D eigenvalue weighted by molar-refractivity contribution is -0.384. The Morgan fingerprint density at radius 1 is 0.971 bits per heavy atom. The second kappa shape index (κ2) is 10.5. The molecule has 1 N–H and O–H groups in total. The summed E-state index contributed by atoms with van der Waals surface area (Å²) in [6, 6.07) is 12.1. The lowest BCUT2D eigenvalue weighted by Crippen LogP contribution is -2.49. The first-order valence-electron chi connectivity index (χ1n) is 11.4. The van der Waals surface area contributed by atoms with Gasteiger partial charge in [0.15, 0.2) is 0 Å². The zero-order valence-electron chi connectivity index (χ0n) is 19.2. The number of amides is 2. The van der Waals surface area contributed by atoms with Crippen molar-refractivity contribution in [2.24, 2.45) is 0 Å². The van der Waals surface area contributed by atoms with Gasteiger partial charge < -0.3 is 24.8 Å². The van der Waals surface area contributed by atoms with Crippen LogP contribution in [0.5, 0.6) is 5.75 Å². The van der Waals surface area contributed by atoms with Crippen molar-refractivity contribution in [2.75, 3.05) is 64.4 Å². The molecule has 4 rings (SSSR count). The standard InChI is InChI=1S/C24H29N5O5/c1-34-20-5-2-18(3-6-20)16-23(30)27-14-12-26(13-15-27)21-7-4-19(17-22(21)29(32)33)24(31)28-10-8-25-9-11-28/h2-7,17,25H,8-16H2,1H3. The molecule has 0 radical (unpaired) electrons. The fourth-order valence-corrected chi connectivity index (χ4v) is 4.35. The third kappa shape index (κ3) is 5.28. The zero-order chi connectivity index (χ0) is 24.1. The third-order valence-corrected chi connectivity index (χ3v) is 6.31. The van der Waals surface area contributed by atoms with Gasteiger partial charge in [-0.15, -0.1) is 0 Å². The summed E-state index contributed by atoms with van der Waals surface area (Å²) in [5, 5.41) is 15.0. The van der Waals surface area contributed by atoms with Gasteiger partial charge in [-0.3, -0.25) is 19.7 Å². The number of anilines is 1. The molecule has 0 unspecified atom stereocenters. The summed E-state index contributed by atoms with van der Waals surface area (Å²) in [5.41, 5.74) is 1.63. The number of nitro benzene ring substituents is 1. The van der Waals surface area contributed by atoms with Crippen molar-refractivity contribution in [3.8, 4) is 5.75 Å². The molecule has 2 aromatic carbocycles. The molecule has 34 heavy (non-hydrogen) atoms. The van der Waals surface area contributed by atoms with Gasteiger partial charge in [-0.2, -0.15) is 0 Å². The molecule has 10 heteroatoms. The highest BCUT2D eigenvalue weighted by Gasteiger charge is 2.28. The summed E-state index contributed by atoms with van der Waals surface area (Å²) in [7, 11) is 1.60. The van der Waals surface area contributed by atoms with Crippen molar-refractivity contribution in [1.29, 1.82) is 0 Å². The van der Waals surface area contributed by atoms with Crippen LogP contribution in [0.1, 0.15) is 15.9 Å². The van der Waals surface area contributed by atoms with E-state index in [9.17, 15) is 19.7 Å². The number of carbonyl (C=O) groups is 2. The van der Waals surface area contributed by atoms with Crippen LogP contribution in [0.15, 0.2) is 42.5 Å². The van der Waals surface area contributed by atoms with Gasteiger partial charge >= 0.3 is 0 Å². The minimum absolute atomic E-state index is 0.0243. The van der Waals surface area contributed by atoms with E-state index in [-0.39, 0.29) is 17.5 Å². The molecule has 2 saturated heterocycles. The van der Waals surface area contributed by atoms with Crippen molar-refractivity contribution in [3.63, 3.8) is 0 Å². The third-order valence-electron chi connectivity index (χ3n) is 6.31. The predicted octanol–water partition coefficient (Wildman–Crippen LogP) is 1.54. The van der Waals surface area contributed by atoms with Crippen LogP contribution >= 0.6 is 0 Å². The second-order valence-electron chi connectivity index (χ2n) is 8.40. The SMILES string of the molecule is COc1ccc(CC(=O)N2CCN(c3ccc(C(=O)N4CCNCC4)cc3[N+](=O)[O-])CC2)cc1. The predicted molar refractivity (Wildman–Crippen MR) is 127 cm³/mol. The van der Waals surface area contributed by atoms with Gasteiger partial charge in [-0.1, -0.05) is 12.1 Å². The fourth-order valence-electron chi connectivity index (χ4n) is 4.35. The van der Waals surface area contributed by atoms with E-state index in [1.54, 1.807) is 29.0 Å². The van der Waals surface area contributed by atoms with E-state index in [2.05, 4.69) is 5.32 Å². The number of piperazine rings is 2. The topological polar surface area (TPSA) is 108 Å². The molecule has 2 fully saturated rings. The van der Waals surface area contributed by atoms with E-state index in [1.165, 1.54) is 6.07 Å². The second-order valence-corrected chi connectivity index (χ2v) is 8.40. The van der Waals surface area contributed by atoms with Crippen LogP contribution in [-0.4, -0.2) is 86.0 Å². The number of hydrogen-bond donors (Lipinski definition) is 1. The van der Waals surface area contributed by atoms with E-state index < -0.39 is 4.92 Å². The Kier molecular flexibility index (Phi) is 7.27. The molecule has 2 heterocycles. The highest BCUT2D eigenvalue weighted by atomic mass is 16.6. The average Bonchev–Trinajstić information content (AvgIpc) is 2.89. The molecule has 2 aliphatic heterocycles. The molecule has 0 spiro atoms. The van der Waals surface area contributed by atoms with E-state index in [1.807, 2.05) is 29.2 Å². The smallest absolute Gasteiger partial charge is 0.293 e. The van der Waals surface area contributed by atoms with Crippen LogP contribution in [0.4, 0.5) is 11.4 Å². The van der Waals surface area contributed by atoms with Crippen LogP contribution in [0.2, 0.25) is 0 Å². The summed E-state index contributed by atoms with van der Waals surface area (Å²) in [6.07, 6.45) is 0.299. The van der Waals surface area contributed by atoms with E-state index in [0.29, 0.717) is 70.0 Å². The Morgan fingerprint density at radius 2 is 1.65 bits per heavy atom. The fraction of sp³-hybridized carbons (Fsp3) is 0.417. The molecule has 0 aliphatic carbocycles. The summed E-state index contributed by atoms with van der Waals surface area (Å²) in [6.45, 7) is 4.53. The summed E-state index contributed by atoms with van der Waals surface area (Å²) in [5.74, 6) is 0.577. The van der Waals surface area contributed by atoms with Crippen LogP contribution in [-0.2, 0) is 11.2 Å². The molecular formula is C24H29N5O5. The lowest BCUT2D eigenvalue weighted by Gasteiger charge is -2.36. The monoisotopic (exact) mass is 467 g/mol. The molecule has 10 nitrogen and oxygen atoms in total. The number of rotatable bonds is 6. The van der Waals surface area contributed by atoms with Crippen LogP contribution in [0.3, 0.4) is 0 Å². The minimum Gasteiger partial charge on any atom is -0.497 e. The average molecular weight is 468 g/mol. The van der Waals surface area contributed by atoms with E-state index in [4.69, 9.17) is 4.74 Å². The quantitative estimate of drug-likeness (QED) is 0.507. The van der Waals surface area contributed by atoms with Crippen LogP contribution in [0, 0.1) is 10.1 Å². The van der Waals surface area contributed by atoms with Gasteiger partial charge in [0, 0.05) is 64.0 Å². The van der Waals surface area contributed by atoms with Crippen molar-refractivity contribution >= 4 is 23.2 Å². The maximum Gasteiger partial charge on any atom is 0.293 e. The Hall–Kier alpha value is -3.66. The first-order chi connectivity index (χ1) is 16.5. The molecular weight excluding hydrogens is 438 g/mol. The molecule has 0 saturated carbocycles. The summed E-state index contributed by atoms with van der Waals surface area (Å²) >= 11 is 0. The molecule has 2 amide bonds. The number of nitrogens with one attached hydrogen (secondary N) is 1. The van der Waals surface area contributed by atoms with Gasteiger partial charge in [0.25, 0.3) is 11.6 Å². The van der Waals surface area contributed by atoms with Crippen molar-refractivity contribution < 1.29 is 19.2 Å². The largest absolute Gasteiger partial charge is 0.497 e. The Balaban J connectivity index is 1.40. The number of benzene rings is 2. The van der Waals surface area contributed by atoms with Gasteiger partial charge in [0.05, 0.1) is 18.5 Å². The maximum absolute atomic E-state index is 12.8. The molecule has 180 valence electrons. The van der Waals surface area contributed by atoms with Crippen LogP contribution < -0.4 is 15.0 Å². The minimum atomic E-state index is -0.439. The number of methoxy groups -OCH3 is 1. The number of nitrogens with zero attached hydrogens (tertiary/aromatic N) is 4. The van der Waals surface area contributed by atoms with Crippen molar-refractivity contribution in [1.82, 2.24) is 15.1 Å². The van der Waals surface area contributed by atoms with Crippen LogP contribution in [0.25, 0.3) is 0 Å². The maximum atomic E-state index is 12.8. The van der Waals surface area contributed by atoms with E-state index in [0.717, 1.165) is 11.3 Å². The Bertz CT molecular complexity index is 1040. The molecule has 0 aromatic heterocycles. The van der Waals surface area contributed by atoms with Crippen molar-refractivity contribution in [3.05, 3.63) is 63.7 Å². The number of nitro groups is 1. The Morgan fingerprint density at radius 3 is 2.26 bits per heavy atom. The highest BCUT2D eigenvalue weighted by molar-refractivity contribution is 5.96. The lowest BCUT2D eigenvalue weighted by atomic mass is 10.1. The number of carbonyl (C=O) groups excluding carboxylic acids is 2. The van der Waals surface area contributed by atoms with Gasteiger partial charge in [-0.05, 0) is 29.8 Å². The van der Waals surface area contributed by atoms with Crippen molar-refractivity contribution in [2.45, 2.75) is 6.42 Å². The van der Waals surface area contributed by atoms with E-state index >= 15 is 0 Å². The molecule has 2 aliphatic rings. The first kappa shape index (κ1) is 23.5. The molecule has 2 aromatic rings. The number of ether oxygens (including phenoxy) is 1. The highest BCUT2D eigenvalue weighted by Crippen LogP contribution is 2.30. The molecule has 0 atom stereocenters. The van der Waals surface area contributed by atoms with Gasteiger partial charge in [-0.25, -0.2) is 0 Å². The van der Waals surface area contributed by atoms with Gasteiger partial charge in [0.1, 0.15) is 11.4 Å². The zero-order valence-corrected chi connectivity index (χ0v) is 19.2. The number of hydrogen-bond acceptors (Lipinski definition) is 7. The Labute approximate surface area is 198 Å². The summed E-state index contributed by atoms with van der Waals surface area (Å²) < 4.78 is 5.15. The molecule has 0 bridgehead atoms. The first-order valence-corrected chi connectivity index (χ1v) is 11.4. The van der Waals surface area contributed by atoms with Gasteiger partial charge in [0.2, 0.25) is 5.91 Å². The summed E-state index contributed by atoms with van der Waals surface area (Å²) in [4.78, 5) is 42.3. The normalized spacial score (nSPS) is 16.3.